The summed E-state index contributed by atoms with van der Waals surface area (Å²) in [6.07, 6.45) is 6.66. The van der Waals surface area contributed by atoms with Crippen LogP contribution in [0.3, 0.4) is 0 Å². The lowest BCUT2D eigenvalue weighted by atomic mass is 9.79. The van der Waals surface area contributed by atoms with Crippen molar-refractivity contribution in [3.8, 4) is 6.07 Å². The van der Waals surface area contributed by atoms with Crippen molar-refractivity contribution in [3.63, 3.8) is 0 Å². The van der Waals surface area contributed by atoms with Crippen molar-refractivity contribution in [2.45, 2.75) is 57.3 Å². The number of hydrogen-bond acceptors (Lipinski definition) is 3. The number of rotatable bonds is 4. The molecule has 134 valence electrons. The SMILES string of the molecule is CCCC1=C(C#N)C(c2ccccc2Cl)c2c(n[nH]c2C2CCCC2)N1. The normalized spacial score (nSPS) is 20.0. The molecule has 5 heteroatoms. The van der Waals surface area contributed by atoms with Gasteiger partial charge < -0.3 is 5.32 Å². The van der Waals surface area contributed by atoms with Gasteiger partial charge in [0.25, 0.3) is 0 Å². The lowest BCUT2D eigenvalue weighted by Crippen LogP contribution is -2.19. The van der Waals surface area contributed by atoms with Crippen LogP contribution < -0.4 is 5.32 Å². The molecule has 1 aliphatic heterocycles. The maximum Gasteiger partial charge on any atom is 0.156 e. The lowest BCUT2D eigenvalue weighted by Gasteiger charge is -2.28. The molecule has 1 aromatic carbocycles. The number of fused-ring (bicyclic) bond motifs is 1. The summed E-state index contributed by atoms with van der Waals surface area (Å²) in [6, 6.07) is 10.3. The van der Waals surface area contributed by atoms with Crippen LogP contribution in [0.1, 0.15) is 74.1 Å². The number of benzene rings is 1. The Balaban J connectivity index is 1.91. The molecule has 4 nitrogen and oxygen atoms in total. The first-order chi connectivity index (χ1) is 12.7. The van der Waals surface area contributed by atoms with Crippen molar-refractivity contribution in [3.05, 3.63) is 57.4 Å². The molecule has 0 spiro atoms. The van der Waals surface area contributed by atoms with Crippen molar-refractivity contribution in [1.29, 1.82) is 5.26 Å². The van der Waals surface area contributed by atoms with Crippen LogP contribution in [-0.4, -0.2) is 10.2 Å². The molecule has 2 heterocycles. The Morgan fingerprint density at radius 2 is 2.04 bits per heavy atom. The zero-order chi connectivity index (χ0) is 18.1. The number of hydrogen-bond donors (Lipinski definition) is 2. The fourth-order valence-electron chi connectivity index (χ4n) is 4.41. The molecule has 1 aliphatic carbocycles. The monoisotopic (exact) mass is 366 g/mol. The van der Waals surface area contributed by atoms with Gasteiger partial charge in [0.1, 0.15) is 0 Å². The van der Waals surface area contributed by atoms with Crippen molar-refractivity contribution in [2.75, 3.05) is 5.32 Å². The van der Waals surface area contributed by atoms with E-state index < -0.39 is 0 Å². The van der Waals surface area contributed by atoms with E-state index in [1.165, 1.54) is 31.4 Å². The molecule has 1 fully saturated rings. The first-order valence-corrected chi connectivity index (χ1v) is 9.85. The molecule has 0 radical (unpaired) electrons. The number of aromatic nitrogens is 2. The Labute approximate surface area is 159 Å². The first-order valence-electron chi connectivity index (χ1n) is 9.47. The highest BCUT2D eigenvalue weighted by Gasteiger charge is 2.36. The van der Waals surface area contributed by atoms with E-state index in [1.54, 1.807) is 0 Å². The Morgan fingerprint density at radius 3 is 2.73 bits per heavy atom. The molecule has 2 aromatic rings. The van der Waals surface area contributed by atoms with E-state index in [9.17, 15) is 5.26 Å². The van der Waals surface area contributed by atoms with Gasteiger partial charge in [0.05, 0.1) is 17.6 Å². The van der Waals surface area contributed by atoms with Gasteiger partial charge in [0.15, 0.2) is 5.82 Å². The second kappa shape index (κ2) is 7.17. The smallest absolute Gasteiger partial charge is 0.156 e. The third kappa shape index (κ3) is 2.81. The molecule has 0 bridgehead atoms. The molecule has 4 rings (SSSR count). The van der Waals surface area contributed by atoms with Gasteiger partial charge in [-0.3, -0.25) is 5.10 Å². The van der Waals surface area contributed by atoms with Crippen LogP contribution in [0.5, 0.6) is 0 Å². The number of nitrogens with one attached hydrogen (secondary N) is 2. The molecule has 0 amide bonds. The van der Waals surface area contributed by atoms with Gasteiger partial charge >= 0.3 is 0 Å². The van der Waals surface area contributed by atoms with Crippen molar-refractivity contribution in [2.24, 2.45) is 0 Å². The summed E-state index contributed by atoms with van der Waals surface area (Å²) in [5, 5.41) is 22.0. The molecule has 26 heavy (non-hydrogen) atoms. The highest BCUT2D eigenvalue weighted by molar-refractivity contribution is 6.31. The summed E-state index contributed by atoms with van der Waals surface area (Å²) in [5.74, 6) is 1.20. The zero-order valence-corrected chi connectivity index (χ0v) is 15.7. The predicted octanol–water partition coefficient (Wildman–Crippen LogP) is 5.86. The predicted molar refractivity (Wildman–Crippen MR) is 104 cm³/mol. The molecule has 1 saturated carbocycles. The second-order valence-corrected chi connectivity index (χ2v) is 7.62. The van der Waals surface area contributed by atoms with Crippen LogP contribution in [0.4, 0.5) is 5.82 Å². The molecular weight excluding hydrogens is 344 g/mol. The highest BCUT2D eigenvalue weighted by atomic mass is 35.5. The topological polar surface area (TPSA) is 64.5 Å². The van der Waals surface area contributed by atoms with Crippen LogP contribution in [-0.2, 0) is 0 Å². The third-order valence-corrected chi connectivity index (χ3v) is 5.95. The van der Waals surface area contributed by atoms with E-state index in [4.69, 9.17) is 11.6 Å². The maximum atomic E-state index is 10.0. The Morgan fingerprint density at radius 1 is 1.27 bits per heavy atom. The minimum atomic E-state index is -0.152. The van der Waals surface area contributed by atoms with Crippen molar-refractivity contribution < 1.29 is 0 Å². The number of nitrogens with zero attached hydrogens (tertiary/aromatic N) is 2. The lowest BCUT2D eigenvalue weighted by molar-refractivity contribution is 0.680. The zero-order valence-electron chi connectivity index (χ0n) is 15.0. The van der Waals surface area contributed by atoms with Crippen molar-refractivity contribution in [1.82, 2.24) is 10.2 Å². The average molecular weight is 367 g/mol. The largest absolute Gasteiger partial charge is 0.341 e. The standard InChI is InChI=1S/C21H23ClN4/c1-2-7-17-15(12-23)18(14-10-5-6-11-16(14)22)19-20(13-8-3-4-9-13)25-26-21(19)24-17/h5-6,10-11,13,18H,2-4,7-9H2,1H3,(H2,24,25,26). The van der Waals surface area contributed by atoms with Gasteiger partial charge in [0.2, 0.25) is 0 Å². The quantitative estimate of drug-likeness (QED) is 0.712. The van der Waals surface area contributed by atoms with E-state index in [0.29, 0.717) is 10.9 Å². The summed E-state index contributed by atoms with van der Waals surface area (Å²) >= 11 is 6.57. The second-order valence-electron chi connectivity index (χ2n) is 7.21. The Kier molecular flexibility index (Phi) is 4.74. The van der Waals surface area contributed by atoms with Crippen LogP contribution in [0.15, 0.2) is 35.5 Å². The number of allylic oxidation sites excluding steroid dienone is 2. The van der Waals surface area contributed by atoms with Crippen LogP contribution in [0.25, 0.3) is 0 Å². The van der Waals surface area contributed by atoms with E-state index in [1.807, 2.05) is 24.3 Å². The molecule has 2 aliphatic rings. The summed E-state index contributed by atoms with van der Waals surface area (Å²) in [6.45, 7) is 2.12. The molecule has 1 unspecified atom stereocenters. The van der Waals surface area contributed by atoms with E-state index in [-0.39, 0.29) is 5.92 Å². The first kappa shape index (κ1) is 17.2. The van der Waals surface area contributed by atoms with Gasteiger partial charge in [-0.1, -0.05) is 56.0 Å². The fraction of sp³-hybridized carbons (Fsp3) is 0.429. The average Bonchev–Trinajstić information content (AvgIpc) is 3.30. The summed E-state index contributed by atoms with van der Waals surface area (Å²) < 4.78 is 0. The van der Waals surface area contributed by atoms with Gasteiger partial charge in [-0.05, 0) is 30.9 Å². The van der Waals surface area contributed by atoms with Crippen molar-refractivity contribution >= 4 is 17.4 Å². The minimum Gasteiger partial charge on any atom is -0.341 e. The summed E-state index contributed by atoms with van der Waals surface area (Å²) in [4.78, 5) is 0. The number of aromatic amines is 1. The third-order valence-electron chi connectivity index (χ3n) is 5.61. The van der Waals surface area contributed by atoms with Gasteiger partial charge in [-0.15, -0.1) is 0 Å². The van der Waals surface area contributed by atoms with E-state index in [0.717, 1.165) is 41.1 Å². The molecule has 1 aromatic heterocycles. The molecule has 0 saturated heterocycles. The van der Waals surface area contributed by atoms with Crippen LogP contribution in [0.2, 0.25) is 5.02 Å². The van der Waals surface area contributed by atoms with Crippen LogP contribution in [0, 0.1) is 11.3 Å². The number of halogens is 1. The van der Waals surface area contributed by atoms with Gasteiger partial charge in [-0.25, -0.2) is 0 Å². The maximum absolute atomic E-state index is 10.0. The fourth-order valence-corrected chi connectivity index (χ4v) is 4.65. The van der Waals surface area contributed by atoms with Crippen LogP contribution >= 0.6 is 11.6 Å². The Bertz CT molecular complexity index is 884. The number of H-pyrrole nitrogens is 1. The Hall–Kier alpha value is -2.25. The molecule has 1 atom stereocenters. The van der Waals surface area contributed by atoms with E-state index >= 15 is 0 Å². The van der Waals surface area contributed by atoms with Gasteiger partial charge in [-0.2, -0.15) is 10.4 Å². The minimum absolute atomic E-state index is 0.152. The summed E-state index contributed by atoms with van der Waals surface area (Å²) in [7, 11) is 0. The number of anilines is 1. The molecular formula is C21H23ClN4. The molecule has 2 N–H and O–H groups in total. The highest BCUT2D eigenvalue weighted by Crippen LogP contribution is 2.48. The van der Waals surface area contributed by atoms with E-state index in [2.05, 4.69) is 28.5 Å². The number of nitriles is 1. The van der Waals surface area contributed by atoms with Gasteiger partial charge in [0, 0.05) is 27.9 Å². The summed E-state index contributed by atoms with van der Waals surface area (Å²) in [5.41, 5.74) is 5.02.